The van der Waals surface area contributed by atoms with Gasteiger partial charge < -0.3 is 24.5 Å². The zero-order chi connectivity index (χ0) is 22.2. The number of benzene rings is 1. The van der Waals surface area contributed by atoms with Crippen LogP contribution in [0.25, 0.3) is 11.6 Å². The third-order valence-electron chi connectivity index (χ3n) is 5.27. The summed E-state index contributed by atoms with van der Waals surface area (Å²) in [6, 6.07) is 9.90. The van der Waals surface area contributed by atoms with Crippen molar-refractivity contribution < 1.29 is 13.9 Å². The Balaban J connectivity index is 0.00000306. The minimum atomic E-state index is 0. The maximum Gasteiger partial charge on any atom is 0.216 e. The number of ether oxygens (including phenoxy) is 2. The molecule has 1 aromatic carbocycles. The molecule has 3 heterocycles. The Hall–Kier alpha value is -2.60. The highest BCUT2D eigenvalue weighted by Crippen LogP contribution is 2.22. The molecule has 3 N–H and O–H groups in total. The van der Waals surface area contributed by atoms with E-state index >= 15 is 0 Å². The van der Waals surface area contributed by atoms with Crippen molar-refractivity contribution in [1.82, 2.24) is 25.8 Å². The van der Waals surface area contributed by atoms with E-state index in [0.29, 0.717) is 43.7 Å². The van der Waals surface area contributed by atoms with Crippen molar-refractivity contribution in [2.45, 2.75) is 38.8 Å². The van der Waals surface area contributed by atoms with Crippen LogP contribution in [-0.4, -0.2) is 54.1 Å². The van der Waals surface area contributed by atoms with Gasteiger partial charge in [-0.25, -0.2) is 4.98 Å². The molecule has 4 rings (SSSR count). The lowest BCUT2D eigenvalue weighted by atomic mass is 10.1. The number of H-pyrrole nitrogens is 1. The van der Waals surface area contributed by atoms with Crippen molar-refractivity contribution in [3.63, 3.8) is 0 Å². The van der Waals surface area contributed by atoms with E-state index < -0.39 is 0 Å². The molecule has 1 aliphatic heterocycles. The monoisotopic (exact) mass is 566 g/mol. The molecule has 0 bridgehead atoms. The van der Waals surface area contributed by atoms with Crippen molar-refractivity contribution in [1.29, 1.82) is 0 Å². The maximum atomic E-state index is 6.09. The second-order valence-electron chi connectivity index (χ2n) is 7.74. The zero-order valence-corrected chi connectivity index (χ0v) is 21.3. The van der Waals surface area contributed by atoms with Crippen LogP contribution in [0.4, 0.5) is 0 Å². The molecule has 1 aliphatic rings. The van der Waals surface area contributed by atoms with Gasteiger partial charge in [0, 0.05) is 38.7 Å². The number of halogens is 1. The van der Waals surface area contributed by atoms with E-state index in [1.54, 1.807) is 13.3 Å². The summed E-state index contributed by atoms with van der Waals surface area (Å²) in [5.41, 5.74) is 2.24. The van der Waals surface area contributed by atoms with Crippen molar-refractivity contribution >= 4 is 29.9 Å². The maximum absolute atomic E-state index is 6.09. The van der Waals surface area contributed by atoms with Gasteiger partial charge in [-0.15, -0.1) is 24.0 Å². The number of rotatable bonds is 9. The molecule has 10 heteroatoms. The highest BCUT2D eigenvalue weighted by atomic mass is 127. The predicted octanol–water partition coefficient (Wildman–Crippen LogP) is 3.46. The standard InChI is InChI=1S/C23H30N6O3.HI/c1-16-7-8-17(20(13-16)32-15-18-5-3-11-30-18)14-26-23(24-2)25-10-9-21-27-22(29-28-21)19-6-4-12-31-19;/h4,6-8,12-13,18H,3,5,9-11,14-15H2,1-2H3,(H2,24,25,26)(H,27,28,29);1H. The van der Waals surface area contributed by atoms with Crippen molar-refractivity contribution in [3.05, 3.63) is 53.5 Å². The third kappa shape index (κ3) is 7.19. The van der Waals surface area contributed by atoms with E-state index in [1.165, 1.54) is 5.56 Å². The van der Waals surface area contributed by atoms with E-state index in [1.807, 2.05) is 12.1 Å². The third-order valence-corrected chi connectivity index (χ3v) is 5.27. The SMILES string of the molecule is CN=C(NCCc1nc(-c2ccco2)n[nH]1)NCc1ccc(C)cc1OCC1CCCO1.I. The van der Waals surface area contributed by atoms with Crippen LogP contribution in [0.1, 0.15) is 29.8 Å². The van der Waals surface area contributed by atoms with Crippen LogP contribution in [0.5, 0.6) is 5.75 Å². The normalized spacial score (nSPS) is 15.8. The number of aryl methyl sites for hydroxylation is 1. The van der Waals surface area contributed by atoms with E-state index in [0.717, 1.165) is 36.6 Å². The molecule has 0 amide bonds. The number of aromatic nitrogens is 3. The summed E-state index contributed by atoms with van der Waals surface area (Å²) in [5, 5.41) is 13.8. The summed E-state index contributed by atoms with van der Waals surface area (Å²) < 4.78 is 17.1. The van der Waals surface area contributed by atoms with Gasteiger partial charge in [-0.05, 0) is 43.5 Å². The number of guanidine groups is 1. The fraction of sp³-hybridized carbons (Fsp3) is 0.435. The first-order valence-electron chi connectivity index (χ1n) is 10.9. The lowest BCUT2D eigenvalue weighted by molar-refractivity contribution is 0.0676. The Morgan fingerprint density at radius 2 is 2.21 bits per heavy atom. The molecule has 33 heavy (non-hydrogen) atoms. The molecular formula is C23H31IN6O3. The molecule has 0 saturated carbocycles. The van der Waals surface area contributed by atoms with Crippen LogP contribution < -0.4 is 15.4 Å². The molecule has 1 saturated heterocycles. The number of hydrogen-bond acceptors (Lipinski definition) is 6. The average Bonchev–Trinajstić information content (AvgIpc) is 3.58. The molecule has 178 valence electrons. The van der Waals surface area contributed by atoms with Gasteiger partial charge in [0.1, 0.15) is 18.2 Å². The molecule has 1 atom stereocenters. The lowest BCUT2D eigenvalue weighted by Crippen LogP contribution is -2.38. The number of aromatic amines is 1. The van der Waals surface area contributed by atoms with Crippen molar-refractivity contribution in [3.8, 4) is 17.3 Å². The van der Waals surface area contributed by atoms with Gasteiger partial charge in [-0.3, -0.25) is 10.1 Å². The summed E-state index contributed by atoms with van der Waals surface area (Å²) in [5.74, 6) is 3.58. The summed E-state index contributed by atoms with van der Waals surface area (Å²) in [7, 11) is 1.75. The van der Waals surface area contributed by atoms with Crippen molar-refractivity contribution in [2.75, 3.05) is 26.8 Å². The molecule has 0 aliphatic carbocycles. The largest absolute Gasteiger partial charge is 0.491 e. The highest BCUT2D eigenvalue weighted by molar-refractivity contribution is 14.0. The molecular weight excluding hydrogens is 535 g/mol. The zero-order valence-electron chi connectivity index (χ0n) is 19.0. The number of aliphatic imine (C=N–C) groups is 1. The van der Waals surface area contributed by atoms with Crippen LogP contribution in [0.2, 0.25) is 0 Å². The van der Waals surface area contributed by atoms with Crippen LogP contribution in [0, 0.1) is 6.92 Å². The fourth-order valence-electron chi connectivity index (χ4n) is 3.52. The second-order valence-corrected chi connectivity index (χ2v) is 7.74. The highest BCUT2D eigenvalue weighted by Gasteiger charge is 2.17. The Morgan fingerprint density at radius 3 is 2.97 bits per heavy atom. The topological polar surface area (TPSA) is 110 Å². The Morgan fingerprint density at radius 1 is 1.30 bits per heavy atom. The summed E-state index contributed by atoms with van der Waals surface area (Å²) >= 11 is 0. The molecule has 0 spiro atoms. The van der Waals surface area contributed by atoms with Crippen molar-refractivity contribution in [2.24, 2.45) is 4.99 Å². The smallest absolute Gasteiger partial charge is 0.216 e. The fourth-order valence-corrected chi connectivity index (χ4v) is 3.52. The van der Waals surface area contributed by atoms with Crippen LogP contribution in [-0.2, 0) is 17.7 Å². The number of nitrogens with zero attached hydrogens (tertiary/aromatic N) is 3. The van der Waals surface area contributed by atoms with Gasteiger partial charge in [0.15, 0.2) is 11.7 Å². The summed E-state index contributed by atoms with van der Waals surface area (Å²) in [6.07, 6.45) is 4.64. The Labute approximate surface area is 210 Å². The lowest BCUT2D eigenvalue weighted by Gasteiger charge is -2.17. The Kier molecular flexibility index (Phi) is 9.55. The minimum Gasteiger partial charge on any atom is -0.491 e. The molecule has 1 fully saturated rings. The first-order chi connectivity index (χ1) is 15.7. The minimum absolute atomic E-state index is 0. The van der Waals surface area contributed by atoms with Crippen LogP contribution in [0.15, 0.2) is 46.0 Å². The van der Waals surface area contributed by atoms with E-state index in [2.05, 4.69) is 55.9 Å². The van der Waals surface area contributed by atoms with Gasteiger partial charge in [0.25, 0.3) is 0 Å². The molecule has 2 aromatic heterocycles. The van der Waals surface area contributed by atoms with Gasteiger partial charge >= 0.3 is 0 Å². The molecule has 1 unspecified atom stereocenters. The van der Waals surface area contributed by atoms with Gasteiger partial charge in [-0.2, -0.15) is 5.10 Å². The predicted molar refractivity (Wildman–Crippen MR) is 137 cm³/mol. The number of furan rings is 1. The van der Waals surface area contributed by atoms with Gasteiger partial charge in [0.05, 0.1) is 12.4 Å². The summed E-state index contributed by atoms with van der Waals surface area (Å²) in [6.45, 7) is 4.74. The molecule has 3 aromatic rings. The van der Waals surface area contributed by atoms with Crippen LogP contribution in [0.3, 0.4) is 0 Å². The van der Waals surface area contributed by atoms with E-state index in [-0.39, 0.29) is 30.1 Å². The van der Waals surface area contributed by atoms with E-state index in [4.69, 9.17) is 13.9 Å². The van der Waals surface area contributed by atoms with E-state index in [9.17, 15) is 0 Å². The second kappa shape index (κ2) is 12.6. The van der Waals surface area contributed by atoms with Gasteiger partial charge in [0.2, 0.25) is 5.82 Å². The number of nitrogens with one attached hydrogen (secondary N) is 3. The van der Waals surface area contributed by atoms with Gasteiger partial charge in [-0.1, -0.05) is 12.1 Å². The average molecular weight is 566 g/mol. The first-order valence-corrected chi connectivity index (χ1v) is 10.9. The number of hydrogen-bond donors (Lipinski definition) is 3. The first kappa shape index (κ1) is 25.0. The quantitative estimate of drug-likeness (QED) is 0.207. The van der Waals surface area contributed by atoms with Crippen LogP contribution >= 0.6 is 24.0 Å². The Bertz CT molecular complexity index is 1020. The summed E-state index contributed by atoms with van der Waals surface area (Å²) in [4.78, 5) is 8.76. The molecule has 9 nitrogen and oxygen atoms in total. The molecule has 0 radical (unpaired) electrons.